The summed E-state index contributed by atoms with van der Waals surface area (Å²) in [6.45, 7) is 3.71. The van der Waals surface area contributed by atoms with Crippen molar-refractivity contribution < 1.29 is 14.3 Å². The van der Waals surface area contributed by atoms with Gasteiger partial charge in [-0.25, -0.2) is 4.79 Å². The number of rotatable bonds is 2. The maximum absolute atomic E-state index is 11.9. The highest BCUT2D eigenvalue weighted by molar-refractivity contribution is 5.69. The average molecular weight is 276 g/mol. The van der Waals surface area contributed by atoms with Crippen LogP contribution in [-0.2, 0) is 4.74 Å². The van der Waals surface area contributed by atoms with E-state index in [-0.39, 0.29) is 6.09 Å². The van der Waals surface area contributed by atoms with E-state index in [9.17, 15) is 4.79 Å². The summed E-state index contributed by atoms with van der Waals surface area (Å²) in [4.78, 5) is 13.7. The van der Waals surface area contributed by atoms with E-state index in [0.29, 0.717) is 25.1 Å². The zero-order valence-corrected chi connectivity index (χ0v) is 11.9. The first kappa shape index (κ1) is 13.1. The number of fused-ring (bicyclic) bond motifs is 3. The number of amides is 1. The molecule has 0 spiro atoms. The fourth-order valence-corrected chi connectivity index (χ4v) is 3.13. The van der Waals surface area contributed by atoms with Crippen LogP contribution in [0.15, 0.2) is 18.2 Å². The SMILES string of the molecule is CCOC(=O)N1CC[C@H]2Nc3ccc(OC)cc3[C@H]2C1. The molecule has 1 amide bonds. The fraction of sp³-hybridized carbons (Fsp3) is 0.533. The van der Waals surface area contributed by atoms with Gasteiger partial charge in [0.2, 0.25) is 0 Å². The molecule has 1 fully saturated rings. The Morgan fingerprint density at radius 2 is 2.35 bits per heavy atom. The molecule has 0 bridgehead atoms. The third-order valence-electron chi connectivity index (χ3n) is 4.14. The Hall–Kier alpha value is -1.91. The van der Waals surface area contributed by atoms with Gasteiger partial charge in [-0.3, -0.25) is 0 Å². The number of nitrogens with one attached hydrogen (secondary N) is 1. The molecule has 2 heterocycles. The van der Waals surface area contributed by atoms with Crippen molar-refractivity contribution in [3.63, 3.8) is 0 Å². The molecule has 0 aromatic heterocycles. The van der Waals surface area contributed by atoms with E-state index in [2.05, 4.69) is 17.4 Å². The van der Waals surface area contributed by atoms with Gasteiger partial charge in [0.05, 0.1) is 13.7 Å². The number of benzene rings is 1. The van der Waals surface area contributed by atoms with Crippen LogP contribution in [0.1, 0.15) is 24.8 Å². The summed E-state index contributed by atoms with van der Waals surface area (Å²) in [6.07, 6.45) is 0.739. The molecule has 1 aromatic rings. The Labute approximate surface area is 118 Å². The smallest absolute Gasteiger partial charge is 0.409 e. The minimum atomic E-state index is -0.206. The van der Waals surface area contributed by atoms with Crippen LogP contribution in [-0.4, -0.2) is 43.8 Å². The van der Waals surface area contributed by atoms with Gasteiger partial charge in [-0.05, 0) is 37.1 Å². The van der Waals surface area contributed by atoms with Crippen LogP contribution in [0.25, 0.3) is 0 Å². The molecule has 0 aliphatic carbocycles. The van der Waals surface area contributed by atoms with E-state index in [4.69, 9.17) is 9.47 Å². The van der Waals surface area contributed by atoms with Crippen molar-refractivity contribution in [1.29, 1.82) is 0 Å². The number of piperidine rings is 1. The largest absolute Gasteiger partial charge is 0.497 e. The van der Waals surface area contributed by atoms with Gasteiger partial charge in [0.25, 0.3) is 0 Å². The highest BCUT2D eigenvalue weighted by Gasteiger charge is 2.38. The summed E-state index contributed by atoms with van der Waals surface area (Å²) in [6, 6.07) is 6.50. The van der Waals surface area contributed by atoms with Crippen LogP contribution in [0.5, 0.6) is 5.75 Å². The minimum Gasteiger partial charge on any atom is -0.497 e. The first-order chi connectivity index (χ1) is 9.72. The monoisotopic (exact) mass is 276 g/mol. The third-order valence-corrected chi connectivity index (χ3v) is 4.14. The second-order valence-corrected chi connectivity index (χ2v) is 5.24. The number of carbonyl (C=O) groups is 1. The quantitative estimate of drug-likeness (QED) is 0.901. The molecular weight excluding hydrogens is 256 g/mol. The van der Waals surface area contributed by atoms with Crippen molar-refractivity contribution in [2.75, 3.05) is 32.1 Å². The summed E-state index contributed by atoms with van der Waals surface area (Å²) in [5.74, 6) is 1.18. The number of ether oxygens (including phenoxy) is 2. The standard InChI is InChI=1S/C15H20N2O3/c1-3-20-15(18)17-7-6-14-12(9-17)11-8-10(19-2)4-5-13(11)16-14/h4-5,8,12,14,16H,3,6-7,9H2,1-2H3/t12-,14-/m1/s1. The third kappa shape index (κ3) is 2.17. The van der Waals surface area contributed by atoms with Crippen molar-refractivity contribution in [2.24, 2.45) is 0 Å². The molecule has 0 unspecified atom stereocenters. The number of likely N-dealkylation sites (tertiary alicyclic amines) is 1. The van der Waals surface area contributed by atoms with Gasteiger partial charge in [-0.15, -0.1) is 0 Å². The second kappa shape index (κ2) is 5.23. The Morgan fingerprint density at radius 1 is 1.50 bits per heavy atom. The summed E-state index contributed by atoms with van der Waals surface area (Å²) < 4.78 is 10.4. The lowest BCUT2D eigenvalue weighted by Gasteiger charge is -2.34. The molecular formula is C15H20N2O3. The molecule has 108 valence electrons. The Bertz CT molecular complexity index is 518. The lowest BCUT2D eigenvalue weighted by Crippen LogP contribution is -2.45. The van der Waals surface area contributed by atoms with Crippen molar-refractivity contribution in [3.05, 3.63) is 23.8 Å². The minimum absolute atomic E-state index is 0.206. The number of hydrogen-bond donors (Lipinski definition) is 1. The molecule has 20 heavy (non-hydrogen) atoms. The Kier molecular flexibility index (Phi) is 3.42. The van der Waals surface area contributed by atoms with Crippen LogP contribution >= 0.6 is 0 Å². The van der Waals surface area contributed by atoms with E-state index in [1.54, 1.807) is 12.0 Å². The van der Waals surface area contributed by atoms with Crippen LogP contribution in [0, 0.1) is 0 Å². The maximum atomic E-state index is 11.9. The average Bonchev–Trinajstić information content (AvgIpc) is 2.84. The lowest BCUT2D eigenvalue weighted by molar-refractivity contribution is 0.0949. The van der Waals surface area contributed by atoms with Crippen molar-refractivity contribution >= 4 is 11.8 Å². The van der Waals surface area contributed by atoms with Gasteiger partial charge in [0, 0.05) is 30.7 Å². The molecule has 1 N–H and O–H groups in total. The first-order valence-corrected chi connectivity index (χ1v) is 7.09. The molecule has 1 saturated heterocycles. The normalized spacial score (nSPS) is 23.6. The molecule has 3 rings (SSSR count). The molecule has 2 aliphatic heterocycles. The number of nitrogens with zero attached hydrogens (tertiary/aromatic N) is 1. The van der Waals surface area contributed by atoms with Crippen LogP contribution in [0.2, 0.25) is 0 Å². The number of methoxy groups -OCH3 is 1. The van der Waals surface area contributed by atoms with Crippen molar-refractivity contribution in [3.8, 4) is 5.75 Å². The summed E-state index contributed by atoms with van der Waals surface area (Å²) in [5, 5.41) is 3.54. The number of hydrogen-bond acceptors (Lipinski definition) is 4. The van der Waals surface area contributed by atoms with Gasteiger partial charge in [-0.2, -0.15) is 0 Å². The van der Waals surface area contributed by atoms with Crippen LogP contribution in [0.3, 0.4) is 0 Å². The zero-order chi connectivity index (χ0) is 14.1. The van der Waals surface area contributed by atoms with E-state index in [1.165, 1.54) is 5.56 Å². The highest BCUT2D eigenvalue weighted by atomic mass is 16.6. The van der Waals surface area contributed by atoms with E-state index in [0.717, 1.165) is 24.4 Å². The topological polar surface area (TPSA) is 50.8 Å². The Balaban J connectivity index is 1.81. The molecule has 5 nitrogen and oxygen atoms in total. The van der Waals surface area contributed by atoms with Gasteiger partial charge >= 0.3 is 6.09 Å². The molecule has 5 heteroatoms. The summed E-state index contributed by atoms with van der Waals surface area (Å²) >= 11 is 0. The molecule has 0 saturated carbocycles. The molecule has 2 atom stereocenters. The van der Waals surface area contributed by atoms with Crippen molar-refractivity contribution in [1.82, 2.24) is 4.90 Å². The fourth-order valence-electron chi connectivity index (χ4n) is 3.13. The second-order valence-electron chi connectivity index (χ2n) is 5.24. The van der Waals surface area contributed by atoms with Gasteiger partial charge in [0.1, 0.15) is 5.75 Å². The summed E-state index contributed by atoms with van der Waals surface area (Å²) in [7, 11) is 1.67. The lowest BCUT2D eigenvalue weighted by atomic mass is 9.89. The van der Waals surface area contributed by atoms with E-state index < -0.39 is 0 Å². The summed E-state index contributed by atoms with van der Waals surface area (Å²) in [5.41, 5.74) is 2.40. The van der Waals surface area contributed by atoms with Crippen molar-refractivity contribution in [2.45, 2.75) is 25.3 Å². The number of anilines is 1. The van der Waals surface area contributed by atoms with E-state index >= 15 is 0 Å². The highest BCUT2D eigenvalue weighted by Crippen LogP contribution is 2.41. The first-order valence-electron chi connectivity index (χ1n) is 7.09. The molecule has 2 aliphatic rings. The molecule has 0 radical (unpaired) electrons. The Morgan fingerprint density at radius 3 is 3.10 bits per heavy atom. The van der Waals surface area contributed by atoms with Gasteiger partial charge in [0.15, 0.2) is 0 Å². The zero-order valence-electron chi connectivity index (χ0n) is 11.9. The van der Waals surface area contributed by atoms with Crippen LogP contribution in [0.4, 0.5) is 10.5 Å². The predicted molar refractivity (Wildman–Crippen MR) is 76.4 cm³/mol. The predicted octanol–water partition coefficient (Wildman–Crippen LogP) is 2.44. The van der Waals surface area contributed by atoms with E-state index in [1.807, 2.05) is 13.0 Å². The molecule has 1 aromatic carbocycles. The van der Waals surface area contributed by atoms with Gasteiger partial charge in [-0.1, -0.05) is 0 Å². The van der Waals surface area contributed by atoms with Crippen LogP contribution < -0.4 is 10.1 Å². The van der Waals surface area contributed by atoms with Gasteiger partial charge < -0.3 is 19.7 Å². The number of carbonyl (C=O) groups excluding carboxylic acids is 1. The maximum Gasteiger partial charge on any atom is 0.409 e.